The molecule has 0 aromatic carbocycles. The summed E-state index contributed by atoms with van der Waals surface area (Å²) < 4.78 is 0. The van der Waals surface area contributed by atoms with Crippen molar-refractivity contribution in [1.29, 1.82) is 0 Å². The maximum atomic E-state index is 5.57. The Morgan fingerprint density at radius 3 is 2.78 bits per heavy atom. The number of nitrogens with zero attached hydrogens (tertiary/aromatic N) is 3. The Morgan fingerprint density at radius 2 is 2.11 bits per heavy atom. The van der Waals surface area contributed by atoms with Crippen molar-refractivity contribution in [2.24, 2.45) is 5.92 Å². The predicted molar refractivity (Wildman–Crippen MR) is 72.2 cm³/mol. The standard InChI is InChI=1S/C13H21N5/c1-18-10-2-3-11(18)7-9(6-10)8-16-12-4-5-15-13(14)17-12/h4-5,9-11H,2-3,6-8H2,1H3,(H3,14,15,16,17). The highest BCUT2D eigenvalue weighted by molar-refractivity contribution is 5.37. The number of aromatic nitrogens is 2. The van der Waals surface area contributed by atoms with Crippen LogP contribution in [-0.2, 0) is 0 Å². The van der Waals surface area contributed by atoms with Crippen LogP contribution >= 0.6 is 0 Å². The number of piperidine rings is 1. The van der Waals surface area contributed by atoms with E-state index in [9.17, 15) is 0 Å². The average Bonchev–Trinajstić information content (AvgIpc) is 2.60. The molecule has 2 aliphatic rings. The second kappa shape index (κ2) is 4.72. The van der Waals surface area contributed by atoms with Crippen molar-refractivity contribution in [2.45, 2.75) is 37.8 Å². The number of nitrogens with one attached hydrogen (secondary N) is 1. The van der Waals surface area contributed by atoms with Gasteiger partial charge in [-0.3, -0.25) is 0 Å². The summed E-state index contributed by atoms with van der Waals surface area (Å²) in [6.07, 6.45) is 7.06. The molecule has 2 aliphatic heterocycles. The third-order valence-corrected chi connectivity index (χ3v) is 4.44. The number of rotatable bonds is 3. The molecule has 2 unspecified atom stereocenters. The molecule has 5 heteroatoms. The highest BCUT2D eigenvalue weighted by Crippen LogP contribution is 2.37. The average molecular weight is 247 g/mol. The fourth-order valence-electron chi connectivity index (χ4n) is 3.41. The molecule has 1 aromatic rings. The van der Waals surface area contributed by atoms with Crippen molar-refractivity contribution in [3.05, 3.63) is 12.3 Å². The molecule has 0 radical (unpaired) electrons. The van der Waals surface area contributed by atoms with Crippen LogP contribution in [0.3, 0.4) is 0 Å². The zero-order valence-corrected chi connectivity index (χ0v) is 10.8. The van der Waals surface area contributed by atoms with Gasteiger partial charge in [-0.15, -0.1) is 0 Å². The van der Waals surface area contributed by atoms with E-state index >= 15 is 0 Å². The van der Waals surface area contributed by atoms with Gasteiger partial charge in [0.15, 0.2) is 0 Å². The SMILES string of the molecule is CN1C2CCC1CC(CNc1ccnc(N)n1)C2. The molecule has 98 valence electrons. The predicted octanol–water partition coefficient (Wildman–Crippen LogP) is 1.34. The van der Waals surface area contributed by atoms with E-state index in [4.69, 9.17) is 5.73 Å². The van der Waals surface area contributed by atoms with E-state index in [-0.39, 0.29) is 0 Å². The first-order chi connectivity index (χ1) is 8.72. The minimum Gasteiger partial charge on any atom is -0.370 e. The molecule has 2 fully saturated rings. The first-order valence-corrected chi connectivity index (χ1v) is 6.76. The molecule has 0 amide bonds. The van der Waals surface area contributed by atoms with Gasteiger partial charge in [-0.25, -0.2) is 4.98 Å². The smallest absolute Gasteiger partial charge is 0.221 e. The van der Waals surface area contributed by atoms with Crippen molar-refractivity contribution in [2.75, 3.05) is 24.6 Å². The third-order valence-electron chi connectivity index (χ3n) is 4.44. The second-order valence-corrected chi connectivity index (χ2v) is 5.57. The monoisotopic (exact) mass is 247 g/mol. The number of hydrogen-bond acceptors (Lipinski definition) is 5. The Balaban J connectivity index is 1.55. The van der Waals surface area contributed by atoms with Gasteiger partial charge in [-0.1, -0.05) is 0 Å². The maximum Gasteiger partial charge on any atom is 0.221 e. The topological polar surface area (TPSA) is 67.1 Å². The molecule has 3 rings (SSSR count). The molecule has 0 saturated carbocycles. The molecular formula is C13H21N5. The van der Waals surface area contributed by atoms with E-state index in [2.05, 4.69) is 27.2 Å². The molecule has 0 spiro atoms. The fraction of sp³-hybridized carbons (Fsp3) is 0.692. The van der Waals surface area contributed by atoms with E-state index in [1.165, 1.54) is 25.7 Å². The Labute approximate surface area is 108 Å². The van der Waals surface area contributed by atoms with Crippen molar-refractivity contribution in [1.82, 2.24) is 14.9 Å². The van der Waals surface area contributed by atoms with Gasteiger partial charge in [0.25, 0.3) is 0 Å². The second-order valence-electron chi connectivity index (χ2n) is 5.57. The fourth-order valence-corrected chi connectivity index (χ4v) is 3.41. The minimum atomic E-state index is 0.337. The number of fused-ring (bicyclic) bond motifs is 2. The lowest BCUT2D eigenvalue weighted by atomic mass is 9.91. The summed E-state index contributed by atoms with van der Waals surface area (Å²) in [4.78, 5) is 10.6. The molecule has 3 N–H and O–H groups in total. The van der Waals surface area contributed by atoms with Crippen LogP contribution in [0.5, 0.6) is 0 Å². The van der Waals surface area contributed by atoms with Crippen molar-refractivity contribution < 1.29 is 0 Å². The van der Waals surface area contributed by atoms with Gasteiger partial charge >= 0.3 is 0 Å². The Kier molecular flexibility index (Phi) is 3.07. The maximum absolute atomic E-state index is 5.57. The molecule has 1 aromatic heterocycles. The zero-order valence-electron chi connectivity index (χ0n) is 10.8. The number of nitrogen functional groups attached to an aromatic ring is 1. The molecule has 0 aliphatic carbocycles. The van der Waals surface area contributed by atoms with E-state index in [1.54, 1.807) is 6.20 Å². The summed E-state index contributed by atoms with van der Waals surface area (Å²) in [5.74, 6) is 1.94. The molecule has 2 bridgehead atoms. The molecular weight excluding hydrogens is 226 g/mol. The number of hydrogen-bond donors (Lipinski definition) is 2. The van der Waals surface area contributed by atoms with Crippen LogP contribution in [-0.4, -0.2) is 40.5 Å². The van der Waals surface area contributed by atoms with Crippen LogP contribution in [0.15, 0.2) is 12.3 Å². The van der Waals surface area contributed by atoms with Crippen LogP contribution in [0.25, 0.3) is 0 Å². The summed E-state index contributed by atoms with van der Waals surface area (Å²) >= 11 is 0. The Bertz CT molecular complexity index is 408. The summed E-state index contributed by atoms with van der Waals surface area (Å²) in [7, 11) is 2.27. The van der Waals surface area contributed by atoms with Crippen LogP contribution in [0.2, 0.25) is 0 Å². The van der Waals surface area contributed by atoms with Gasteiger partial charge in [0.05, 0.1) is 0 Å². The van der Waals surface area contributed by atoms with E-state index in [0.717, 1.165) is 30.4 Å². The number of anilines is 2. The minimum absolute atomic E-state index is 0.337. The summed E-state index contributed by atoms with van der Waals surface area (Å²) in [5.41, 5.74) is 5.57. The third kappa shape index (κ3) is 2.27. The van der Waals surface area contributed by atoms with E-state index < -0.39 is 0 Å². The van der Waals surface area contributed by atoms with Gasteiger partial charge in [0.1, 0.15) is 5.82 Å². The lowest BCUT2D eigenvalue weighted by Crippen LogP contribution is -2.41. The molecule has 18 heavy (non-hydrogen) atoms. The Hall–Kier alpha value is -1.36. The van der Waals surface area contributed by atoms with Crippen LogP contribution in [0.1, 0.15) is 25.7 Å². The van der Waals surface area contributed by atoms with Crippen LogP contribution < -0.4 is 11.1 Å². The van der Waals surface area contributed by atoms with Crippen molar-refractivity contribution >= 4 is 11.8 Å². The normalized spacial score (nSPS) is 31.5. The molecule has 3 heterocycles. The largest absolute Gasteiger partial charge is 0.370 e. The first kappa shape index (κ1) is 11.7. The van der Waals surface area contributed by atoms with Gasteiger partial charge in [0, 0.05) is 24.8 Å². The molecule has 2 atom stereocenters. The zero-order chi connectivity index (χ0) is 12.5. The summed E-state index contributed by atoms with van der Waals surface area (Å²) in [6.45, 7) is 0.997. The number of nitrogens with two attached hydrogens (primary N) is 1. The first-order valence-electron chi connectivity index (χ1n) is 6.76. The van der Waals surface area contributed by atoms with Gasteiger partial charge in [-0.2, -0.15) is 4.98 Å². The highest BCUT2D eigenvalue weighted by Gasteiger charge is 2.38. The lowest BCUT2D eigenvalue weighted by Gasteiger charge is -2.36. The molecule has 2 saturated heterocycles. The van der Waals surface area contributed by atoms with Gasteiger partial charge in [-0.05, 0) is 44.7 Å². The van der Waals surface area contributed by atoms with E-state index in [1.807, 2.05) is 6.07 Å². The van der Waals surface area contributed by atoms with Crippen LogP contribution in [0, 0.1) is 5.92 Å². The van der Waals surface area contributed by atoms with Crippen molar-refractivity contribution in [3.63, 3.8) is 0 Å². The summed E-state index contributed by atoms with van der Waals surface area (Å²) in [5, 5.41) is 3.39. The quantitative estimate of drug-likeness (QED) is 0.844. The van der Waals surface area contributed by atoms with Gasteiger partial charge in [0.2, 0.25) is 5.95 Å². The Morgan fingerprint density at radius 1 is 1.39 bits per heavy atom. The van der Waals surface area contributed by atoms with Crippen LogP contribution in [0.4, 0.5) is 11.8 Å². The van der Waals surface area contributed by atoms with Crippen molar-refractivity contribution in [3.8, 4) is 0 Å². The summed E-state index contributed by atoms with van der Waals surface area (Å²) in [6, 6.07) is 3.47. The highest BCUT2D eigenvalue weighted by atomic mass is 15.2. The van der Waals surface area contributed by atoms with Gasteiger partial charge < -0.3 is 16.0 Å². The molecule has 5 nitrogen and oxygen atoms in total. The lowest BCUT2D eigenvalue weighted by molar-refractivity contribution is 0.139. The van der Waals surface area contributed by atoms with E-state index in [0.29, 0.717) is 5.95 Å².